The first-order valence-electron chi connectivity index (χ1n) is 6.22. The second-order valence-electron chi connectivity index (χ2n) is 5.78. The van der Waals surface area contributed by atoms with Gasteiger partial charge in [-0.05, 0) is 33.6 Å². The molecule has 1 rings (SSSR count). The Kier molecular flexibility index (Phi) is 4.71. The molecular formula is C12H20F3NO3. The minimum atomic E-state index is -4.33. The zero-order valence-corrected chi connectivity index (χ0v) is 11.3. The summed E-state index contributed by atoms with van der Waals surface area (Å²) >= 11 is 0. The van der Waals surface area contributed by atoms with E-state index in [0.717, 1.165) is 4.90 Å². The van der Waals surface area contributed by atoms with E-state index in [2.05, 4.69) is 0 Å². The van der Waals surface area contributed by atoms with Crippen molar-refractivity contribution in [3.63, 3.8) is 0 Å². The molecule has 0 unspecified atom stereocenters. The number of rotatable bonds is 1. The van der Waals surface area contributed by atoms with Crippen LogP contribution in [0.15, 0.2) is 0 Å². The monoisotopic (exact) mass is 283 g/mol. The van der Waals surface area contributed by atoms with Crippen LogP contribution in [0.4, 0.5) is 18.0 Å². The van der Waals surface area contributed by atoms with Gasteiger partial charge in [-0.25, -0.2) is 4.79 Å². The molecule has 2 atom stereocenters. The van der Waals surface area contributed by atoms with Crippen molar-refractivity contribution in [2.45, 2.75) is 51.4 Å². The summed E-state index contributed by atoms with van der Waals surface area (Å²) < 4.78 is 43.2. The van der Waals surface area contributed by atoms with Crippen molar-refractivity contribution in [3.8, 4) is 0 Å². The zero-order chi connectivity index (χ0) is 14.8. The first-order valence-corrected chi connectivity index (χ1v) is 6.22. The molecule has 0 aromatic carbocycles. The van der Waals surface area contributed by atoms with Crippen molar-refractivity contribution in [2.24, 2.45) is 5.92 Å². The Balaban J connectivity index is 2.78. The molecule has 0 saturated carbocycles. The summed E-state index contributed by atoms with van der Waals surface area (Å²) in [7, 11) is 0. The molecule has 1 N–H and O–H groups in total. The van der Waals surface area contributed by atoms with Crippen LogP contribution in [0.3, 0.4) is 0 Å². The highest BCUT2D eigenvalue weighted by Gasteiger charge is 2.46. The van der Waals surface area contributed by atoms with E-state index >= 15 is 0 Å². The third kappa shape index (κ3) is 4.56. The van der Waals surface area contributed by atoms with Gasteiger partial charge < -0.3 is 14.7 Å². The van der Waals surface area contributed by atoms with Crippen LogP contribution in [0.5, 0.6) is 0 Å². The smallest absolute Gasteiger partial charge is 0.410 e. The Hall–Kier alpha value is -0.980. The highest BCUT2D eigenvalue weighted by molar-refractivity contribution is 5.68. The fraction of sp³-hybridized carbons (Fsp3) is 0.917. The van der Waals surface area contributed by atoms with E-state index in [0.29, 0.717) is 0 Å². The molecule has 7 heteroatoms. The van der Waals surface area contributed by atoms with Crippen molar-refractivity contribution in [3.05, 3.63) is 0 Å². The number of piperidine rings is 1. The second-order valence-corrected chi connectivity index (χ2v) is 5.78. The van der Waals surface area contributed by atoms with Crippen molar-refractivity contribution in [2.75, 3.05) is 13.2 Å². The molecule has 4 nitrogen and oxygen atoms in total. The molecular weight excluding hydrogens is 263 g/mol. The van der Waals surface area contributed by atoms with E-state index in [4.69, 9.17) is 9.84 Å². The van der Waals surface area contributed by atoms with Crippen LogP contribution in [-0.4, -0.2) is 47.1 Å². The molecule has 1 aliphatic heterocycles. The molecule has 0 aromatic rings. The van der Waals surface area contributed by atoms with Gasteiger partial charge in [0.15, 0.2) is 0 Å². The summed E-state index contributed by atoms with van der Waals surface area (Å²) in [6.45, 7) is 4.12. The fourth-order valence-electron chi connectivity index (χ4n) is 2.03. The molecule has 0 aromatic heterocycles. The van der Waals surface area contributed by atoms with Gasteiger partial charge in [-0.1, -0.05) is 0 Å². The molecule has 0 radical (unpaired) electrons. The maximum atomic E-state index is 12.7. The van der Waals surface area contributed by atoms with Gasteiger partial charge in [0, 0.05) is 6.54 Å². The lowest BCUT2D eigenvalue weighted by Crippen LogP contribution is -2.52. The molecule has 0 bridgehead atoms. The van der Waals surface area contributed by atoms with E-state index in [1.165, 1.54) is 0 Å². The molecule has 0 aliphatic carbocycles. The number of nitrogens with zero attached hydrogens (tertiary/aromatic N) is 1. The topological polar surface area (TPSA) is 49.8 Å². The largest absolute Gasteiger partial charge is 0.444 e. The van der Waals surface area contributed by atoms with Crippen LogP contribution in [-0.2, 0) is 4.74 Å². The van der Waals surface area contributed by atoms with Gasteiger partial charge in [-0.2, -0.15) is 13.2 Å². The molecule has 1 aliphatic rings. The molecule has 1 fully saturated rings. The SMILES string of the molecule is CC(C)(C)OC(=O)N1C[C@H](C(F)(F)F)CC[C@@H]1CO. The summed E-state index contributed by atoms with van der Waals surface area (Å²) in [5, 5.41) is 9.17. The summed E-state index contributed by atoms with van der Waals surface area (Å²) in [4.78, 5) is 12.9. The van der Waals surface area contributed by atoms with Crippen LogP contribution >= 0.6 is 0 Å². The van der Waals surface area contributed by atoms with Crippen molar-refractivity contribution < 1.29 is 27.8 Å². The van der Waals surface area contributed by atoms with E-state index < -0.39 is 36.4 Å². The number of carbonyl (C=O) groups excluding carboxylic acids is 1. The predicted molar refractivity (Wildman–Crippen MR) is 62.6 cm³/mol. The molecule has 0 spiro atoms. The second kappa shape index (κ2) is 5.56. The first-order chi connectivity index (χ1) is 8.54. The van der Waals surface area contributed by atoms with E-state index in [1.807, 2.05) is 0 Å². The minimum Gasteiger partial charge on any atom is -0.444 e. The van der Waals surface area contributed by atoms with Crippen LogP contribution in [0.25, 0.3) is 0 Å². The summed E-state index contributed by atoms with van der Waals surface area (Å²) in [6.07, 6.45) is -5.09. The van der Waals surface area contributed by atoms with Crippen LogP contribution < -0.4 is 0 Å². The lowest BCUT2D eigenvalue weighted by atomic mass is 9.93. The lowest BCUT2D eigenvalue weighted by molar-refractivity contribution is -0.189. The Morgan fingerprint density at radius 2 is 1.89 bits per heavy atom. The van der Waals surface area contributed by atoms with Crippen LogP contribution in [0, 0.1) is 5.92 Å². The van der Waals surface area contributed by atoms with E-state index in [9.17, 15) is 18.0 Å². The zero-order valence-electron chi connectivity index (χ0n) is 11.3. The average molecular weight is 283 g/mol. The molecule has 1 amide bonds. The Bertz CT molecular complexity index is 325. The first kappa shape index (κ1) is 16.1. The van der Waals surface area contributed by atoms with Crippen molar-refractivity contribution in [1.82, 2.24) is 4.90 Å². The molecule has 19 heavy (non-hydrogen) atoms. The third-order valence-corrected chi connectivity index (χ3v) is 3.01. The number of ether oxygens (including phenoxy) is 1. The van der Waals surface area contributed by atoms with Crippen molar-refractivity contribution >= 4 is 6.09 Å². The number of aliphatic hydroxyl groups excluding tert-OH is 1. The number of halogens is 3. The van der Waals surface area contributed by atoms with E-state index in [1.54, 1.807) is 20.8 Å². The number of aliphatic hydroxyl groups is 1. The Morgan fingerprint density at radius 3 is 2.32 bits per heavy atom. The van der Waals surface area contributed by atoms with Gasteiger partial charge in [-0.15, -0.1) is 0 Å². The number of hydrogen-bond donors (Lipinski definition) is 1. The highest BCUT2D eigenvalue weighted by Crippen LogP contribution is 2.35. The van der Waals surface area contributed by atoms with Crippen LogP contribution in [0.1, 0.15) is 33.6 Å². The summed E-state index contributed by atoms with van der Waals surface area (Å²) in [5.41, 5.74) is -0.776. The number of alkyl halides is 3. The fourth-order valence-corrected chi connectivity index (χ4v) is 2.03. The third-order valence-electron chi connectivity index (χ3n) is 3.01. The lowest BCUT2D eigenvalue weighted by Gasteiger charge is -2.39. The van der Waals surface area contributed by atoms with Gasteiger partial charge in [0.05, 0.1) is 18.6 Å². The van der Waals surface area contributed by atoms with Gasteiger partial charge in [0.1, 0.15) is 5.60 Å². The standard InChI is InChI=1S/C12H20F3NO3/c1-11(2,3)19-10(18)16-6-8(12(13,14)15)4-5-9(16)7-17/h8-9,17H,4-7H2,1-3H3/t8-,9-/m1/s1. The minimum absolute atomic E-state index is 0.0754. The average Bonchev–Trinajstić information content (AvgIpc) is 2.24. The van der Waals surface area contributed by atoms with Crippen LogP contribution in [0.2, 0.25) is 0 Å². The Labute approximate surface area is 110 Å². The molecule has 1 heterocycles. The summed E-state index contributed by atoms with van der Waals surface area (Å²) in [6, 6.07) is -0.603. The molecule has 112 valence electrons. The van der Waals surface area contributed by atoms with Gasteiger partial charge in [0.2, 0.25) is 0 Å². The maximum absolute atomic E-state index is 12.7. The number of amides is 1. The maximum Gasteiger partial charge on any atom is 0.410 e. The number of hydrogen-bond acceptors (Lipinski definition) is 3. The van der Waals surface area contributed by atoms with E-state index in [-0.39, 0.29) is 19.4 Å². The summed E-state index contributed by atoms with van der Waals surface area (Å²) in [5.74, 6) is -1.55. The number of carbonyl (C=O) groups is 1. The van der Waals surface area contributed by atoms with Gasteiger partial charge >= 0.3 is 12.3 Å². The quantitative estimate of drug-likeness (QED) is 0.804. The predicted octanol–water partition coefficient (Wildman–Crippen LogP) is 2.56. The normalized spacial score (nSPS) is 25.3. The number of likely N-dealkylation sites (tertiary alicyclic amines) is 1. The van der Waals surface area contributed by atoms with Gasteiger partial charge in [-0.3, -0.25) is 0 Å². The van der Waals surface area contributed by atoms with Crippen molar-refractivity contribution in [1.29, 1.82) is 0 Å². The Morgan fingerprint density at radius 1 is 1.32 bits per heavy atom. The van der Waals surface area contributed by atoms with Gasteiger partial charge in [0.25, 0.3) is 0 Å². The molecule has 1 saturated heterocycles. The highest BCUT2D eigenvalue weighted by atomic mass is 19.4.